The number of nitrogens with two attached hydrogens (primary N) is 1. The minimum atomic E-state index is -1.13. The summed E-state index contributed by atoms with van der Waals surface area (Å²) < 4.78 is 0. The van der Waals surface area contributed by atoms with Crippen molar-refractivity contribution in [3.05, 3.63) is 48.0 Å². The van der Waals surface area contributed by atoms with E-state index in [2.05, 4.69) is 25.9 Å². The molecule has 2 fully saturated rings. The minimum Gasteiger partial charge on any atom is -0.508 e. The molecule has 4 rings (SSSR count). The molecule has 2 saturated heterocycles. The summed E-state index contributed by atoms with van der Waals surface area (Å²) in [7, 11) is 0. The first-order valence-electron chi connectivity index (χ1n) is 16.6. The maximum Gasteiger partial charge on any atom is 0.326 e. The highest BCUT2D eigenvalue weighted by molar-refractivity contribution is 5.95. The number of imidazole rings is 1. The zero-order chi connectivity index (χ0) is 35.7. The molecule has 0 spiro atoms. The predicted octanol–water partition coefficient (Wildman–Crippen LogP) is -0.574. The molecule has 0 saturated carbocycles. The SMILES string of the molecule is CC(C)C[C@H](N)C(=O)N[C@@H](Cc1cnc[nH]1)C(=O)NCC(=O)N1CCC[C@H]1C(=O)N[C@@H](Cc1ccc(O)cc1)C(=O)N1CCC[C@H]1C(=O)O. The van der Waals surface area contributed by atoms with Crippen LogP contribution in [-0.4, -0.2) is 115 Å². The lowest BCUT2D eigenvalue weighted by atomic mass is 10.0. The van der Waals surface area contributed by atoms with Gasteiger partial charge in [0.25, 0.3) is 0 Å². The van der Waals surface area contributed by atoms with Crippen LogP contribution in [0, 0.1) is 5.92 Å². The van der Waals surface area contributed by atoms with E-state index in [0.29, 0.717) is 43.4 Å². The maximum absolute atomic E-state index is 13.6. The van der Waals surface area contributed by atoms with Crippen molar-refractivity contribution in [3.8, 4) is 5.75 Å². The van der Waals surface area contributed by atoms with Gasteiger partial charge in [-0.3, -0.25) is 24.0 Å². The van der Waals surface area contributed by atoms with Gasteiger partial charge in [0.2, 0.25) is 29.5 Å². The number of aromatic nitrogens is 2. The molecule has 2 aliphatic heterocycles. The largest absolute Gasteiger partial charge is 0.508 e. The van der Waals surface area contributed by atoms with Gasteiger partial charge < -0.3 is 46.7 Å². The highest BCUT2D eigenvalue weighted by Crippen LogP contribution is 2.22. The third-order valence-electron chi connectivity index (χ3n) is 8.78. The first-order valence-corrected chi connectivity index (χ1v) is 16.6. The van der Waals surface area contributed by atoms with Crippen molar-refractivity contribution in [2.75, 3.05) is 19.6 Å². The summed E-state index contributed by atoms with van der Waals surface area (Å²) in [4.78, 5) is 87.9. The molecule has 0 aliphatic carbocycles. The molecule has 2 aromatic rings. The lowest BCUT2D eigenvalue weighted by Crippen LogP contribution is -2.57. The summed E-state index contributed by atoms with van der Waals surface area (Å²) in [6.07, 6.45) is 5.13. The van der Waals surface area contributed by atoms with E-state index in [4.69, 9.17) is 5.73 Å². The van der Waals surface area contributed by atoms with Crippen molar-refractivity contribution in [1.82, 2.24) is 35.7 Å². The van der Waals surface area contributed by atoms with E-state index in [9.17, 15) is 39.0 Å². The van der Waals surface area contributed by atoms with Crippen LogP contribution in [-0.2, 0) is 41.6 Å². The summed E-state index contributed by atoms with van der Waals surface area (Å²) in [6.45, 7) is 3.89. The molecule has 0 unspecified atom stereocenters. The van der Waals surface area contributed by atoms with Gasteiger partial charge in [-0.05, 0) is 55.7 Å². The van der Waals surface area contributed by atoms with Gasteiger partial charge in [0.1, 0.15) is 29.9 Å². The average molecular weight is 683 g/mol. The number of carbonyl (C=O) groups excluding carboxylic acids is 5. The number of nitrogens with zero attached hydrogens (tertiary/aromatic N) is 3. The molecule has 8 N–H and O–H groups in total. The van der Waals surface area contributed by atoms with E-state index < -0.39 is 72.3 Å². The summed E-state index contributed by atoms with van der Waals surface area (Å²) in [5.74, 6) is -3.72. The maximum atomic E-state index is 13.6. The Kier molecular flexibility index (Phi) is 12.7. The first kappa shape index (κ1) is 36.8. The van der Waals surface area contributed by atoms with E-state index in [0.717, 1.165) is 0 Å². The number of benzene rings is 1. The smallest absolute Gasteiger partial charge is 0.326 e. The molecule has 1 aromatic carbocycles. The summed E-state index contributed by atoms with van der Waals surface area (Å²) in [5, 5.41) is 27.4. The first-order chi connectivity index (χ1) is 23.3. The second kappa shape index (κ2) is 16.9. The number of aromatic hydroxyl groups is 1. The van der Waals surface area contributed by atoms with E-state index >= 15 is 0 Å². The number of carbonyl (C=O) groups is 6. The van der Waals surface area contributed by atoms with E-state index in [1.807, 2.05) is 13.8 Å². The number of H-pyrrole nitrogens is 1. The number of likely N-dealkylation sites (tertiary alicyclic amines) is 2. The second-order valence-electron chi connectivity index (χ2n) is 13.0. The van der Waals surface area contributed by atoms with Crippen LogP contribution >= 0.6 is 0 Å². The fourth-order valence-electron chi connectivity index (χ4n) is 6.27. The Morgan fingerprint density at radius 1 is 0.939 bits per heavy atom. The highest BCUT2D eigenvalue weighted by Gasteiger charge is 2.40. The van der Waals surface area contributed by atoms with Crippen molar-refractivity contribution in [1.29, 1.82) is 0 Å². The van der Waals surface area contributed by atoms with Gasteiger partial charge in [0, 0.05) is 37.8 Å². The zero-order valence-corrected chi connectivity index (χ0v) is 27.8. The number of hydrogen-bond donors (Lipinski definition) is 7. The van der Waals surface area contributed by atoms with Crippen LogP contribution in [0.1, 0.15) is 57.2 Å². The van der Waals surface area contributed by atoms with Crippen LogP contribution in [0.2, 0.25) is 0 Å². The standard InChI is InChI=1S/C33H46N8O8/c1-19(2)13-23(34)29(44)38-24(15-21-16-35-18-37-21)30(45)36-17-28(43)40-11-3-5-26(40)31(46)39-25(14-20-7-9-22(42)10-8-20)32(47)41-12-4-6-27(41)33(48)49/h7-10,16,18-19,23-27,42H,3-6,11-15,17,34H2,1-2H3,(H,35,37)(H,36,45)(H,38,44)(H,39,46)(H,48,49)/t23-,24-,25-,26-,27-/m0/s1. The topological polar surface area (TPSA) is 240 Å². The van der Waals surface area contributed by atoms with Crippen LogP contribution in [0.4, 0.5) is 0 Å². The zero-order valence-electron chi connectivity index (χ0n) is 27.8. The van der Waals surface area contributed by atoms with E-state index in [1.54, 1.807) is 12.1 Å². The lowest BCUT2D eigenvalue weighted by Gasteiger charge is -2.30. The van der Waals surface area contributed by atoms with Gasteiger partial charge in [-0.15, -0.1) is 0 Å². The molecule has 266 valence electrons. The monoisotopic (exact) mass is 682 g/mol. The predicted molar refractivity (Wildman–Crippen MR) is 176 cm³/mol. The van der Waals surface area contributed by atoms with Gasteiger partial charge >= 0.3 is 5.97 Å². The van der Waals surface area contributed by atoms with Gasteiger partial charge in [-0.2, -0.15) is 0 Å². The number of rotatable bonds is 15. The van der Waals surface area contributed by atoms with Crippen molar-refractivity contribution in [2.24, 2.45) is 11.7 Å². The number of nitrogens with one attached hydrogen (secondary N) is 4. The molecule has 16 heteroatoms. The quantitative estimate of drug-likeness (QED) is 0.126. The van der Waals surface area contributed by atoms with Crippen molar-refractivity contribution >= 4 is 35.5 Å². The van der Waals surface area contributed by atoms with E-state index in [1.165, 1.54) is 34.5 Å². The number of phenols is 1. The van der Waals surface area contributed by atoms with Crippen molar-refractivity contribution in [2.45, 2.75) is 89.0 Å². The normalized spacial score (nSPS) is 19.3. The molecule has 0 bridgehead atoms. The van der Waals surface area contributed by atoms with Gasteiger partial charge in [-0.1, -0.05) is 26.0 Å². The minimum absolute atomic E-state index is 0.0260. The summed E-state index contributed by atoms with van der Waals surface area (Å²) >= 11 is 0. The molecule has 3 heterocycles. The van der Waals surface area contributed by atoms with E-state index in [-0.39, 0.29) is 37.6 Å². The van der Waals surface area contributed by atoms with Crippen LogP contribution in [0.3, 0.4) is 0 Å². The number of aliphatic carboxylic acids is 1. The van der Waals surface area contributed by atoms with Gasteiger partial charge in [0.15, 0.2) is 0 Å². The van der Waals surface area contributed by atoms with Crippen LogP contribution in [0.15, 0.2) is 36.8 Å². The molecule has 5 amide bonds. The molecule has 1 aromatic heterocycles. The Hall–Kier alpha value is -4.99. The van der Waals surface area contributed by atoms with Crippen LogP contribution in [0.25, 0.3) is 0 Å². The van der Waals surface area contributed by atoms with Crippen molar-refractivity contribution < 1.29 is 39.0 Å². The lowest BCUT2D eigenvalue weighted by molar-refractivity contribution is -0.149. The Balaban J connectivity index is 1.42. The van der Waals surface area contributed by atoms with Crippen LogP contribution < -0.4 is 21.7 Å². The Morgan fingerprint density at radius 3 is 2.24 bits per heavy atom. The van der Waals surface area contributed by atoms with Crippen molar-refractivity contribution in [3.63, 3.8) is 0 Å². The average Bonchev–Trinajstić information content (AvgIpc) is 3.85. The summed E-state index contributed by atoms with van der Waals surface area (Å²) in [5.41, 5.74) is 7.24. The third-order valence-corrected chi connectivity index (χ3v) is 8.78. The fourth-order valence-corrected chi connectivity index (χ4v) is 6.27. The number of amides is 5. The molecular formula is C33H46N8O8. The summed E-state index contributed by atoms with van der Waals surface area (Å²) in [6, 6.07) is 1.18. The number of carboxylic acids is 1. The Bertz CT molecular complexity index is 1480. The highest BCUT2D eigenvalue weighted by atomic mass is 16.4. The molecule has 2 aliphatic rings. The molecule has 49 heavy (non-hydrogen) atoms. The number of hydrogen-bond acceptors (Lipinski definition) is 9. The fraction of sp³-hybridized carbons (Fsp3) is 0.545. The second-order valence-corrected chi connectivity index (χ2v) is 13.0. The molecular weight excluding hydrogens is 636 g/mol. The number of aromatic amines is 1. The van der Waals surface area contributed by atoms with Gasteiger partial charge in [0.05, 0.1) is 18.9 Å². The third kappa shape index (κ3) is 10.0. The number of carboxylic acid groups (broad SMARTS) is 1. The molecule has 16 nitrogen and oxygen atoms in total. The Morgan fingerprint density at radius 2 is 1.61 bits per heavy atom. The molecule has 5 atom stereocenters. The van der Waals surface area contributed by atoms with Crippen LogP contribution in [0.5, 0.6) is 5.75 Å². The van der Waals surface area contributed by atoms with Gasteiger partial charge in [-0.25, -0.2) is 9.78 Å². The molecule has 0 radical (unpaired) electrons. The Labute approximate surface area is 284 Å². The number of phenolic OH excluding ortho intramolecular Hbond substituents is 1.